The largest absolute Gasteiger partial charge is 0.392 e. The highest BCUT2D eigenvalue weighted by Gasteiger charge is 2.54. The lowest BCUT2D eigenvalue weighted by molar-refractivity contribution is -0.0781. The van der Waals surface area contributed by atoms with Crippen LogP contribution in [0, 0.1) is 13.8 Å². The third kappa shape index (κ3) is 4.72. The van der Waals surface area contributed by atoms with E-state index in [9.17, 15) is 10.2 Å². The number of nitrogens with one attached hydrogen (secondary N) is 2. The minimum absolute atomic E-state index is 0.579. The van der Waals surface area contributed by atoms with Crippen LogP contribution in [0.1, 0.15) is 34.4 Å². The average molecular weight is 811 g/mol. The van der Waals surface area contributed by atoms with Crippen molar-refractivity contribution in [2.24, 2.45) is 0 Å². The molecule has 1 saturated carbocycles. The van der Waals surface area contributed by atoms with E-state index >= 15 is 0 Å². The molecule has 0 bridgehead atoms. The summed E-state index contributed by atoms with van der Waals surface area (Å²) in [5.74, 6) is 0.0979. The molecule has 0 spiro atoms. The van der Waals surface area contributed by atoms with Crippen molar-refractivity contribution in [3.8, 4) is 34.2 Å². The van der Waals surface area contributed by atoms with Crippen molar-refractivity contribution in [2.75, 3.05) is 0 Å². The van der Waals surface area contributed by atoms with Gasteiger partial charge in [0.15, 0.2) is 22.9 Å². The molecule has 4 N–H and O–H groups in total. The van der Waals surface area contributed by atoms with Crippen LogP contribution in [0.3, 0.4) is 0 Å². The van der Waals surface area contributed by atoms with Gasteiger partial charge in [-0.2, -0.15) is 0 Å². The first kappa shape index (κ1) is 35.0. The van der Waals surface area contributed by atoms with Crippen LogP contribution in [0.4, 0.5) is 0 Å². The molecule has 300 valence electrons. The Kier molecular flexibility index (Phi) is 7.26. The number of H-pyrrole nitrogens is 2. The molecule has 6 aromatic carbocycles. The predicted molar refractivity (Wildman–Crippen MR) is 241 cm³/mol. The van der Waals surface area contributed by atoms with Gasteiger partial charge in [0.1, 0.15) is 0 Å². The number of para-hydroxylation sites is 4. The number of benzene rings is 6. The van der Waals surface area contributed by atoms with Crippen LogP contribution in [-0.4, -0.2) is 71.2 Å². The maximum Gasteiger partial charge on any atom is 0.183 e. The van der Waals surface area contributed by atoms with Gasteiger partial charge in [0.05, 0.1) is 34.3 Å². The smallest absolute Gasteiger partial charge is 0.183 e. The highest BCUT2D eigenvalue weighted by Crippen LogP contribution is 2.51. The van der Waals surface area contributed by atoms with Gasteiger partial charge in [-0.3, -0.25) is 10.2 Å². The number of aryl methyl sites for hydroxylation is 2. The van der Waals surface area contributed by atoms with Crippen LogP contribution in [-0.2, 0) is 0 Å². The Hall–Kier alpha value is -7.80. The number of aromatic nitrogens is 10. The lowest BCUT2D eigenvalue weighted by Crippen LogP contribution is -2.52. The molecule has 1 aliphatic rings. The Morgan fingerprint density at radius 3 is 1.26 bits per heavy atom. The molecule has 0 radical (unpaired) electrons. The summed E-state index contributed by atoms with van der Waals surface area (Å²) in [6, 6.07) is 50.4. The van der Waals surface area contributed by atoms with Crippen molar-refractivity contribution in [3.63, 3.8) is 0 Å². The van der Waals surface area contributed by atoms with E-state index in [0.29, 0.717) is 22.9 Å². The molecule has 6 heterocycles. The van der Waals surface area contributed by atoms with E-state index in [1.165, 1.54) is 0 Å². The van der Waals surface area contributed by atoms with Gasteiger partial charge in [-0.05, 0) is 86.6 Å². The molecular formula is C50H38N10O2. The van der Waals surface area contributed by atoms with Gasteiger partial charge in [-0.1, -0.05) is 72.8 Å². The molecule has 0 atom stereocenters. The molecule has 12 heteroatoms. The highest BCUT2D eigenvalue weighted by molar-refractivity contribution is 6.11. The molecule has 0 saturated heterocycles. The van der Waals surface area contributed by atoms with E-state index in [2.05, 4.69) is 173 Å². The third-order valence-corrected chi connectivity index (χ3v) is 13.2. The Bertz CT molecular complexity index is 3480. The van der Waals surface area contributed by atoms with E-state index in [0.717, 1.165) is 88.6 Å². The van der Waals surface area contributed by atoms with Gasteiger partial charge in [0.2, 0.25) is 0 Å². The lowest BCUT2D eigenvalue weighted by Gasteiger charge is -2.46. The van der Waals surface area contributed by atoms with Crippen molar-refractivity contribution < 1.29 is 10.2 Å². The molecule has 0 amide bonds. The fraction of sp³-hybridized carbons (Fsp3) is 0.120. The van der Waals surface area contributed by atoms with Gasteiger partial charge in [-0.15, -0.1) is 20.4 Å². The van der Waals surface area contributed by atoms with Crippen molar-refractivity contribution in [1.29, 1.82) is 0 Å². The zero-order chi connectivity index (χ0) is 41.4. The summed E-state index contributed by atoms with van der Waals surface area (Å²) >= 11 is 0. The van der Waals surface area contributed by atoms with Gasteiger partial charge in [0, 0.05) is 78.4 Å². The summed E-state index contributed by atoms with van der Waals surface area (Å²) in [6.45, 7) is 3.91. The zero-order valence-corrected chi connectivity index (χ0v) is 33.6. The molecular weight excluding hydrogens is 773 g/mol. The maximum absolute atomic E-state index is 12.0. The Morgan fingerprint density at radius 2 is 0.823 bits per heavy atom. The number of hydrogen-bond acceptors (Lipinski definition) is 6. The van der Waals surface area contributed by atoms with Crippen molar-refractivity contribution in [3.05, 3.63) is 168 Å². The Morgan fingerprint density at radius 1 is 0.435 bits per heavy atom. The topological polar surface area (TPSA) is 142 Å². The standard InChI is InChI=1S/C50H38N10O2/c1-27-41(49-53-51-47(59(49)55-27)29-21-23-39-35(25-29)33-17-9-11-19-37(33)57(39)31-13-5-3-6-14-31)43-45(61)44(46(43)62)42-28(2)56-60-48(52-54-50(42)60)30-22-24-40-36(26-30)34-18-10-12-20-38(34)58(40)32-15-7-4-8-16-32/h3-26,43-46,55-56,61-62H,1-2H3. The minimum atomic E-state index is -0.914. The van der Waals surface area contributed by atoms with Crippen LogP contribution in [0.2, 0.25) is 0 Å². The Balaban J connectivity index is 0.845. The Labute approximate surface area is 352 Å². The first-order valence-corrected chi connectivity index (χ1v) is 20.9. The molecule has 0 unspecified atom stereocenters. The normalized spacial score (nSPS) is 18.0. The highest BCUT2D eigenvalue weighted by atomic mass is 16.3. The van der Waals surface area contributed by atoms with Crippen molar-refractivity contribution in [2.45, 2.75) is 37.9 Å². The summed E-state index contributed by atoms with van der Waals surface area (Å²) < 4.78 is 8.31. The summed E-state index contributed by atoms with van der Waals surface area (Å²) in [7, 11) is 0. The molecule has 12 nitrogen and oxygen atoms in total. The number of aromatic amines is 2. The first-order chi connectivity index (χ1) is 30.4. The first-order valence-electron chi connectivity index (χ1n) is 20.9. The molecule has 12 aromatic rings. The quantitative estimate of drug-likeness (QED) is 0.132. The van der Waals surface area contributed by atoms with Crippen LogP contribution in [0.25, 0.3) is 89.1 Å². The van der Waals surface area contributed by atoms with Crippen molar-refractivity contribution >= 4 is 54.9 Å². The van der Waals surface area contributed by atoms with Crippen LogP contribution >= 0.6 is 0 Å². The average Bonchev–Trinajstić information content (AvgIpc) is 4.16. The molecule has 1 aliphatic carbocycles. The number of rotatable bonds is 6. The number of aliphatic hydroxyl groups excluding tert-OH is 2. The third-order valence-electron chi connectivity index (χ3n) is 13.2. The predicted octanol–water partition coefficient (Wildman–Crippen LogP) is 9.18. The van der Waals surface area contributed by atoms with Gasteiger partial charge in [0.25, 0.3) is 0 Å². The number of fused-ring (bicyclic) bond motifs is 8. The van der Waals surface area contributed by atoms with Gasteiger partial charge in [-0.25, -0.2) is 9.03 Å². The molecule has 62 heavy (non-hydrogen) atoms. The second kappa shape index (κ2) is 12.9. The molecule has 1 fully saturated rings. The van der Waals surface area contributed by atoms with E-state index in [4.69, 9.17) is 0 Å². The van der Waals surface area contributed by atoms with E-state index in [-0.39, 0.29) is 0 Å². The van der Waals surface area contributed by atoms with Crippen molar-refractivity contribution in [1.82, 2.24) is 48.8 Å². The number of hydrogen-bond donors (Lipinski definition) is 4. The molecule has 6 aromatic heterocycles. The van der Waals surface area contributed by atoms with Crippen LogP contribution in [0.15, 0.2) is 146 Å². The summed E-state index contributed by atoms with van der Waals surface area (Å²) in [4.78, 5) is 0. The maximum atomic E-state index is 12.0. The second-order valence-electron chi connectivity index (χ2n) is 16.5. The van der Waals surface area contributed by atoms with E-state index in [1.807, 2.05) is 35.0 Å². The van der Waals surface area contributed by atoms with Gasteiger partial charge >= 0.3 is 0 Å². The van der Waals surface area contributed by atoms with Gasteiger partial charge < -0.3 is 19.3 Å². The van der Waals surface area contributed by atoms with E-state index < -0.39 is 24.0 Å². The fourth-order valence-electron chi connectivity index (χ4n) is 10.4. The van der Waals surface area contributed by atoms with Crippen LogP contribution in [0.5, 0.6) is 0 Å². The lowest BCUT2D eigenvalue weighted by atomic mass is 9.63. The SMILES string of the molecule is Cc1[nH]n2c(-c3ccc4c(c3)c3ccccc3n4-c3ccccc3)nnc2c1C1C(O)C(c2c(C)[nH]n3c(-c4ccc5c(c4)c4ccccc4n5-c4ccccc4)nnc23)C1O. The summed E-state index contributed by atoms with van der Waals surface area (Å²) in [6.07, 6.45) is -1.83. The molecule has 0 aliphatic heterocycles. The summed E-state index contributed by atoms with van der Waals surface area (Å²) in [5.41, 5.74) is 12.7. The number of aliphatic hydroxyl groups is 2. The summed E-state index contributed by atoms with van der Waals surface area (Å²) in [5, 5.41) is 54.1. The minimum Gasteiger partial charge on any atom is -0.392 e. The zero-order valence-electron chi connectivity index (χ0n) is 33.6. The molecule has 13 rings (SSSR count). The monoisotopic (exact) mass is 810 g/mol. The fourth-order valence-corrected chi connectivity index (χ4v) is 10.4. The van der Waals surface area contributed by atoms with Crippen LogP contribution < -0.4 is 0 Å². The number of nitrogens with zero attached hydrogens (tertiary/aromatic N) is 8. The van der Waals surface area contributed by atoms with E-state index in [1.54, 1.807) is 0 Å². The second-order valence-corrected chi connectivity index (χ2v) is 16.5.